The highest BCUT2D eigenvalue weighted by Crippen LogP contribution is 2.29. The highest BCUT2D eigenvalue weighted by molar-refractivity contribution is 7.99. The van der Waals surface area contributed by atoms with Crippen LogP contribution in [0.1, 0.15) is 5.56 Å². The highest BCUT2D eigenvalue weighted by atomic mass is 32.2. The predicted octanol–water partition coefficient (Wildman–Crippen LogP) is 3.00. The van der Waals surface area contributed by atoms with Gasteiger partial charge in [0.15, 0.2) is 0 Å². The largest absolute Gasteiger partial charge is 0.417 e. The van der Waals surface area contributed by atoms with Crippen LogP contribution in [0, 0.1) is 11.6 Å². The number of thioether (sulfide) groups is 1. The van der Waals surface area contributed by atoms with Crippen molar-refractivity contribution in [3.8, 4) is 0 Å². The van der Waals surface area contributed by atoms with Crippen molar-refractivity contribution in [1.82, 2.24) is 14.2 Å². The Hall–Kier alpha value is -2.25. The molecule has 1 aromatic heterocycles. The van der Waals surface area contributed by atoms with Crippen molar-refractivity contribution in [2.45, 2.75) is 16.1 Å². The zero-order valence-corrected chi connectivity index (χ0v) is 17.4. The van der Waals surface area contributed by atoms with Crippen LogP contribution in [-0.4, -0.2) is 60.4 Å². The average molecular weight is 481 g/mol. The van der Waals surface area contributed by atoms with Gasteiger partial charge in [0.25, 0.3) is 0 Å². The summed E-state index contributed by atoms with van der Waals surface area (Å²) in [6, 6.07) is 4.19. The molecule has 1 aliphatic rings. The van der Waals surface area contributed by atoms with E-state index < -0.39 is 38.3 Å². The smallest absolute Gasteiger partial charge is 0.339 e. The number of amides is 1. The molecule has 1 fully saturated rings. The van der Waals surface area contributed by atoms with Gasteiger partial charge < -0.3 is 4.90 Å². The van der Waals surface area contributed by atoms with Gasteiger partial charge in [-0.15, -0.1) is 0 Å². The Bertz CT molecular complexity index is 1050. The van der Waals surface area contributed by atoms with Crippen molar-refractivity contribution in [2.24, 2.45) is 0 Å². The minimum atomic E-state index is -4.50. The van der Waals surface area contributed by atoms with Crippen LogP contribution in [0.15, 0.2) is 46.5 Å². The van der Waals surface area contributed by atoms with Crippen LogP contribution in [0.25, 0.3) is 0 Å². The number of aromatic nitrogens is 1. The number of sulfonamides is 1. The van der Waals surface area contributed by atoms with Crippen LogP contribution in [0.5, 0.6) is 0 Å². The number of halogens is 5. The molecular formula is C18H16F5N3O3S2. The Morgan fingerprint density at radius 1 is 1.06 bits per heavy atom. The van der Waals surface area contributed by atoms with Crippen molar-refractivity contribution >= 4 is 27.7 Å². The zero-order valence-electron chi connectivity index (χ0n) is 15.8. The van der Waals surface area contributed by atoms with Crippen molar-refractivity contribution < 1.29 is 35.2 Å². The van der Waals surface area contributed by atoms with Crippen molar-refractivity contribution in [1.29, 1.82) is 0 Å². The lowest BCUT2D eigenvalue weighted by molar-refractivity contribution is -0.138. The first-order chi connectivity index (χ1) is 14.5. The number of rotatable bonds is 5. The fraction of sp³-hybridized carbons (Fsp3) is 0.333. The lowest BCUT2D eigenvalue weighted by atomic mass is 10.3. The first kappa shape index (κ1) is 23.4. The lowest BCUT2D eigenvalue weighted by Gasteiger charge is -2.34. The van der Waals surface area contributed by atoms with Gasteiger partial charge in [0, 0.05) is 32.4 Å². The highest BCUT2D eigenvalue weighted by Gasteiger charge is 2.33. The molecule has 31 heavy (non-hydrogen) atoms. The Kier molecular flexibility index (Phi) is 6.86. The molecule has 1 aliphatic heterocycles. The molecule has 13 heteroatoms. The molecule has 0 unspecified atom stereocenters. The molecule has 2 aromatic rings. The fourth-order valence-electron chi connectivity index (χ4n) is 2.85. The molecule has 6 nitrogen and oxygen atoms in total. The number of carbonyl (C=O) groups excluding carboxylic acids is 1. The zero-order chi connectivity index (χ0) is 22.8. The summed E-state index contributed by atoms with van der Waals surface area (Å²) in [7, 11) is -4.26. The van der Waals surface area contributed by atoms with Gasteiger partial charge in [0.2, 0.25) is 15.9 Å². The van der Waals surface area contributed by atoms with Gasteiger partial charge >= 0.3 is 6.18 Å². The molecule has 1 aromatic carbocycles. The Balaban J connectivity index is 1.55. The van der Waals surface area contributed by atoms with Gasteiger partial charge in [-0.3, -0.25) is 4.79 Å². The quantitative estimate of drug-likeness (QED) is 0.485. The van der Waals surface area contributed by atoms with E-state index in [1.807, 2.05) is 0 Å². The van der Waals surface area contributed by atoms with E-state index in [1.165, 1.54) is 11.0 Å². The second-order valence-corrected chi connectivity index (χ2v) is 9.43. The summed E-state index contributed by atoms with van der Waals surface area (Å²) in [4.78, 5) is 16.6. The van der Waals surface area contributed by atoms with Crippen LogP contribution in [0.4, 0.5) is 22.0 Å². The van der Waals surface area contributed by atoms with Gasteiger partial charge in [-0.2, -0.15) is 17.5 Å². The first-order valence-electron chi connectivity index (χ1n) is 8.87. The number of hydrogen-bond acceptors (Lipinski definition) is 5. The summed E-state index contributed by atoms with van der Waals surface area (Å²) >= 11 is 0.956. The van der Waals surface area contributed by atoms with Gasteiger partial charge in [0.1, 0.15) is 16.5 Å². The topological polar surface area (TPSA) is 70.6 Å². The minimum Gasteiger partial charge on any atom is -0.339 e. The second-order valence-electron chi connectivity index (χ2n) is 6.53. The van der Waals surface area contributed by atoms with Crippen LogP contribution in [-0.2, 0) is 21.0 Å². The number of alkyl halides is 3. The maximum atomic E-state index is 13.9. The van der Waals surface area contributed by atoms with Crippen LogP contribution in [0.3, 0.4) is 0 Å². The van der Waals surface area contributed by atoms with E-state index in [-0.39, 0.29) is 42.9 Å². The van der Waals surface area contributed by atoms with Crippen LogP contribution in [0.2, 0.25) is 0 Å². The Labute approximate surface area is 179 Å². The first-order valence-corrected chi connectivity index (χ1v) is 11.3. The number of nitrogens with zero attached hydrogens (tertiary/aromatic N) is 3. The Morgan fingerprint density at radius 2 is 1.74 bits per heavy atom. The molecule has 2 heterocycles. The van der Waals surface area contributed by atoms with E-state index in [0.29, 0.717) is 12.3 Å². The maximum absolute atomic E-state index is 13.9. The summed E-state index contributed by atoms with van der Waals surface area (Å²) in [5.74, 6) is -2.40. The second kappa shape index (κ2) is 9.09. The standard InChI is InChI=1S/C18H16F5N3O3S2/c19-13-2-3-14(20)15(9-13)31(28,29)26-7-5-25(6-8-26)17(27)11-30-16-4-1-12(10-24-16)18(21,22)23/h1-4,9-10H,5-8,11H2. The van der Waals surface area contributed by atoms with E-state index in [9.17, 15) is 35.2 Å². The van der Waals surface area contributed by atoms with Crippen molar-refractivity contribution in [2.75, 3.05) is 31.9 Å². The molecule has 0 spiro atoms. The molecule has 0 N–H and O–H groups in total. The number of hydrogen-bond donors (Lipinski definition) is 0. The molecule has 0 bridgehead atoms. The maximum Gasteiger partial charge on any atom is 0.417 e. The van der Waals surface area contributed by atoms with Crippen LogP contribution < -0.4 is 0 Å². The molecular weight excluding hydrogens is 465 g/mol. The summed E-state index contributed by atoms with van der Waals surface area (Å²) in [5.41, 5.74) is -0.893. The number of pyridine rings is 1. The summed E-state index contributed by atoms with van der Waals surface area (Å²) in [5, 5.41) is 0.240. The molecule has 0 radical (unpaired) electrons. The van der Waals surface area contributed by atoms with Crippen molar-refractivity contribution in [3.05, 3.63) is 53.7 Å². The van der Waals surface area contributed by atoms with Crippen molar-refractivity contribution in [3.63, 3.8) is 0 Å². The predicted molar refractivity (Wildman–Crippen MR) is 102 cm³/mol. The molecule has 0 aliphatic carbocycles. The number of piperazine rings is 1. The third-order valence-corrected chi connectivity index (χ3v) is 7.35. The van der Waals surface area contributed by atoms with E-state index in [0.717, 1.165) is 34.3 Å². The van der Waals surface area contributed by atoms with E-state index >= 15 is 0 Å². The molecule has 3 rings (SSSR count). The van der Waals surface area contributed by atoms with E-state index in [4.69, 9.17) is 0 Å². The Morgan fingerprint density at radius 3 is 2.32 bits per heavy atom. The fourth-order valence-corrected chi connectivity index (χ4v) is 5.10. The molecule has 1 saturated heterocycles. The van der Waals surface area contributed by atoms with Crippen LogP contribution >= 0.6 is 11.8 Å². The third kappa shape index (κ3) is 5.52. The molecule has 0 saturated carbocycles. The third-order valence-electron chi connectivity index (χ3n) is 4.51. The average Bonchev–Trinajstić information content (AvgIpc) is 2.73. The van der Waals surface area contributed by atoms with Gasteiger partial charge in [0.05, 0.1) is 16.3 Å². The monoisotopic (exact) mass is 481 g/mol. The molecule has 0 atom stereocenters. The SMILES string of the molecule is O=C(CSc1ccc(C(F)(F)F)cn1)N1CCN(S(=O)(=O)c2cc(F)ccc2F)CC1. The van der Waals surface area contributed by atoms with E-state index in [1.54, 1.807) is 0 Å². The van der Waals surface area contributed by atoms with E-state index in [2.05, 4.69) is 4.98 Å². The summed E-state index contributed by atoms with van der Waals surface area (Å²) in [6.07, 6.45) is -3.82. The lowest BCUT2D eigenvalue weighted by Crippen LogP contribution is -2.51. The molecule has 168 valence electrons. The summed E-state index contributed by atoms with van der Waals surface area (Å²) in [6.45, 7) is -0.132. The number of carbonyl (C=O) groups is 1. The summed E-state index contributed by atoms with van der Waals surface area (Å²) < 4.78 is 91.0. The normalized spacial score (nSPS) is 15.8. The number of benzene rings is 1. The molecule has 1 amide bonds. The minimum absolute atomic E-state index is 0.0377. The van der Waals surface area contributed by atoms with Gasteiger partial charge in [-0.25, -0.2) is 22.2 Å². The van der Waals surface area contributed by atoms with Gasteiger partial charge in [-0.05, 0) is 30.3 Å². The van der Waals surface area contributed by atoms with Gasteiger partial charge in [-0.1, -0.05) is 11.8 Å².